The maximum Gasteiger partial charge on any atom is 0.234 e. The minimum absolute atomic E-state index is 0.0836. The third-order valence-electron chi connectivity index (χ3n) is 3.06. The number of halogens is 1. The van der Waals surface area contributed by atoms with E-state index >= 15 is 0 Å². The van der Waals surface area contributed by atoms with Gasteiger partial charge in [-0.05, 0) is 24.3 Å². The molecule has 25 heavy (non-hydrogen) atoms. The standard InChI is InChI=1S/C17H20FN3O2S2/c1-17(2,3)15(23)21-16-20-13(9-25-16)8-24-10-14(22)19-12-6-4-11(18)5-7-12/h4-7,9H,8,10H2,1-3H3,(H,19,22)(H,20,21,23). The molecule has 0 fully saturated rings. The average molecular weight is 381 g/mol. The Bertz CT molecular complexity index is 739. The number of aromatic nitrogens is 1. The van der Waals surface area contributed by atoms with Gasteiger partial charge in [-0.25, -0.2) is 9.37 Å². The maximum absolute atomic E-state index is 12.8. The summed E-state index contributed by atoms with van der Waals surface area (Å²) in [7, 11) is 0. The van der Waals surface area contributed by atoms with Gasteiger partial charge in [0, 0.05) is 22.2 Å². The van der Waals surface area contributed by atoms with E-state index in [9.17, 15) is 14.0 Å². The zero-order valence-electron chi connectivity index (χ0n) is 14.3. The van der Waals surface area contributed by atoms with Gasteiger partial charge in [0.2, 0.25) is 11.8 Å². The molecule has 2 N–H and O–H groups in total. The molecule has 0 saturated heterocycles. The number of anilines is 2. The molecule has 5 nitrogen and oxygen atoms in total. The SMILES string of the molecule is CC(C)(C)C(=O)Nc1nc(CSCC(=O)Nc2ccc(F)cc2)cs1. The topological polar surface area (TPSA) is 71.1 Å². The summed E-state index contributed by atoms with van der Waals surface area (Å²) in [5, 5.41) is 7.92. The molecule has 0 bridgehead atoms. The van der Waals surface area contributed by atoms with Crippen LogP contribution in [0.3, 0.4) is 0 Å². The molecule has 1 heterocycles. The highest BCUT2D eigenvalue weighted by atomic mass is 32.2. The number of hydrogen-bond donors (Lipinski definition) is 2. The first kappa shape index (κ1) is 19.4. The Kier molecular flexibility index (Phi) is 6.55. The van der Waals surface area contributed by atoms with Gasteiger partial charge in [-0.15, -0.1) is 23.1 Å². The molecule has 2 rings (SSSR count). The monoisotopic (exact) mass is 381 g/mol. The van der Waals surface area contributed by atoms with E-state index in [2.05, 4.69) is 15.6 Å². The number of amides is 2. The molecule has 1 aromatic carbocycles. The summed E-state index contributed by atoms with van der Waals surface area (Å²) >= 11 is 2.78. The number of carbonyl (C=O) groups excluding carboxylic acids is 2. The van der Waals surface area contributed by atoms with Crippen LogP contribution in [0.4, 0.5) is 15.2 Å². The van der Waals surface area contributed by atoms with Crippen LogP contribution in [0.5, 0.6) is 0 Å². The number of thioether (sulfide) groups is 1. The quantitative estimate of drug-likeness (QED) is 0.789. The predicted octanol–water partition coefficient (Wildman–Crippen LogP) is 4.14. The molecule has 0 unspecified atom stereocenters. The average Bonchev–Trinajstić information content (AvgIpc) is 2.96. The third kappa shape index (κ3) is 6.47. The van der Waals surface area contributed by atoms with Crippen molar-refractivity contribution in [2.45, 2.75) is 26.5 Å². The predicted molar refractivity (Wildman–Crippen MR) is 101 cm³/mol. The van der Waals surface area contributed by atoms with E-state index in [1.807, 2.05) is 26.2 Å². The second kappa shape index (κ2) is 8.44. The lowest BCUT2D eigenvalue weighted by atomic mass is 9.96. The molecule has 0 radical (unpaired) electrons. The number of carbonyl (C=O) groups is 2. The third-order valence-corrected chi connectivity index (χ3v) is 4.84. The molecular weight excluding hydrogens is 361 g/mol. The minimum atomic E-state index is -0.473. The second-order valence-corrected chi connectivity index (χ2v) is 8.24. The molecule has 134 valence electrons. The van der Waals surface area contributed by atoms with E-state index in [0.717, 1.165) is 5.69 Å². The van der Waals surface area contributed by atoms with Gasteiger partial charge in [-0.2, -0.15) is 0 Å². The fourth-order valence-corrected chi connectivity index (χ4v) is 3.22. The number of hydrogen-bond acceptors (Lipinski definition) is 5. The second-order valence-electron chi connectivity index (χ2n) is 6.40. The Hall–Kier alpha value is -1.93. The van der Waals surface area contributed by atoms with Crippen LogP contribution in [0.25, 0.3) is 0 Å². The number of benzene rings is 1. The number of rotatable bonds is 6. The lowest BCUT2D eigenvalue weighted by molar-refractivity contribution is -0.123. The van der Waals surface area contributed by atoms with Crippen LogP contribution < -0.4 is 10.6 Å². The molecular formula is C17H20FN3O2S2. The van der Waals surface area contributed by atoms with E-state index in [1.165, 1.54) is 47.4 Å². The van der Waals surface area contributed by atoms with Crippen LogP contribution in [0, 0.1) is 11.2 Å². The van der Waals surface area contributed by atoms with Crippen molar-refractivity contribution in [1.29, 1.82) is 0 Å². The molecule has 0 aliphatic rings. The fraction of sp³-hybridized carbons (Fsp3) is 0.353. The van der Waals surface area contributed by atoms with Crippen molar-refractivity contribution in [3.63, 3.8) is 0 Å². The maximum atomic E-state index is 12.8. The first-order valence-electron chi connectivity index (χ1n) is 7.63. The van der Waals surface area contributed by atoms with Crippen LogP contribution in [-0.2, 0) is 15.3 Å². The molecule has 1 aromatic heterocycles. The summed E-state index contributed by atoms with van der Waals surface area (Å²) in [6.07, 6.45) is 0. The summed E-state index contributed by atoms with van der Waals surface area (Å²) < 4.78 is 12.8. The Morgan fingerprint density at radius 2 is 1.88 bits per heavy atom. The van der Waals surface area contributed by atoms with Gasteiger partial charge < -0.3 is 10.6 Å². The van der Waals surface area contributed by atoms with Gasteiger partial charge in [0.1, 0.15) is 5.82 Å². The smallest absolute Gasteiger partial charge is 0.234 e. The number of nitrogens with one attached hydrogen (secondary N) is 2. The van der Waals surface area contributed by atoms with Crippen LogP contribution in [0.15, 0.2) is 29.6 Å². The molecule has 0 atom stereocenters. The van der Waals surface area contributed by atoms with Crippen molar-refractivity contribution in [2.24, 2.45) is 5.41 Å². The van der Waals surface area contributed by atoms with E-state index < -0.39 is 5.41 Å². The molecule has 2 amide bonds. The van der Waals surface area contributed by atoms with E-state index in [4.69, 9.17) is 0 Å². The number of thiazole rings is 1. The minimum Gasteiger partial charge on any atom is -0.325 e. The van der Waals surface area contributed by atoms with Crippen LogP contribution in [0.2, 0.25) is 0 Å². The van der Waals surface area contributed by atoms with Gasteiger partial charge in [-0.1, -0.05) is 20.8 Å². The van der Waals surface area contributed by atoms with Crippen molar-refractivity contribution < 1.29 is 14.0 Å². The van der Waals surface area contributed by atoms with Crippen LogP contribution >= 0.6 is 23.1 Å². The highest BCUT2D eigenvalue weighted by molar-refractivity contribution is 7.99. The van der Waals surface area contributed by atoms with Crippen LogP contribution in [0.1, 0.15) is 26.5 Å². The summed E-state index contributed by atoms with van der Waals surface area (Å²) in [5.74, 6) is 0.246. The molecule has 2 aromatic rings. The van der Waals surface area contributed by atoms with Gasteiger partial charge in [-0.3, -0.25) is 9.59 Å². The molecule has 0 spiro atoms. The summed E-state index contributed by atoms with van der Waals surface area (Å²) in [6.45, 7) is 5.52. The van der Waals surface area contributed by atoms with Gasteiger partial charge >= 0.3 is 0 Å². The number of nitrogens with zero attached hydrogens (tertiary/aromatic N) is 1. The molecule has 8 heteroatoms. The van der Waals surface area contributed by atoms with Gasteiger partial charge in [0.05, 0.1) is 11.4 Å². The normalized spacial score (nSPS) is 11.2. The highest BCUT2D eigenvalue weighted by Gasteiger charge is 2.22. The van der Waals surface area contributed by atoms with Crippen molar-refractivity contribution in [1.82, 2.24) is 4.98 Å². The van der Waals surface area contributed by atoms with Crippen molar-refractivity contribution in [2.75, 3.05) is 16.4 Å². The van der Waals surface area contributed by atoms with Gasteiger partial charge in [0.25, 0.3) is 0 Å². The first-order chi connectivity index (χ1) is 11.7. The highest BCUT2D eigenvalue weighted by Crippen LogP contribution is 2.22. The summed E-state index contributed by atoms with van der Waals surface area (Å²) in [6, 6.07) is 5.63. The Morgan fingerprint density at radius 1 is 1.20 bits per heavy atom. The largest absolute Gasteiger partial charge is 0.325 e. The van der Waals surface area contributed by atoms with E-state index in [0.29, 0.717) is 16.6 Å². The Balaban J connectivity index is 1.75. The van der Waals surface area contributed by atoms with E-state index in [-0.39, 0.29) is 23.4 Å². The lowest BCUT2D eigenvalue weighted by Crippen LogP contribution is -2.27. The first-order valence-corrected chi connectivity index (χ1v) is 9.66. The molecule has 0 saturated carbocycles. The molecule has 0 aliphatic heterocycles. The summed E-state index contributed by atoms with van der Waals surface area (Å²) in [5.41, 5.74) is 0.903. The zero-order valence-corrected chi connectivity index (χ0v) is 15.9. The van der Waals surface area contributed by atoms with Crippen LogP contribution in [-0.4, -0.2) is 22.6 Å². The van der Waals surface area contributed by atoms with Gasteiger partial charge in [0.15, 0.2) is 5.13 Å². The Morgan fingerprint density at radius 3 is 2.52 bits per heavy atom. The Labute approximate surface area is 154 Å². The van der Waals surface area contributed by atoms with E-state index in [1.54, 1.807) is 0 Å². The van der Waals surface area contributed by atoms with Crippen molar-refractivity contribution in [3.05, 3.63) is 41.2 Å². The lowest BCUT2D eigenvalue weighted by Gasteiger charge is -2.15. The fourth-order valence-electron chi connectivity index (χ4n) is 1.69. The zero-order chi connectivity index (χ0) is 18.4. The van der Waals surface area contributed by atoms with Crippen molar-refractivity contribution in [3.8, 4) is 0 Å². The molecule has 0 aliphatic carbocycles. The van der Waals surface area contributed by atoms with Crippen molar-refractivity contribution >= 4 is 45.7 Å². The summed E-state index contributed by atoms with van der Waals surface area (Å²) in [4.78, 5) is 28.1.